The summed E-state index contributed by atoms with van der Waals surface area (Å²) in [6, 6.07) is 0. The van der Waals surface area contributed by atoms with E-state index in [1.807, 2.05) is 0 Å². The molecule has 0 spiro atoms. The fraction of sp³-hybridized carbons (Fsp3) is 0.800. The van der Waals surface area contributed by atoms with Gasteiger partial charge in [-0.2, -0.15) is 0 Å². The molecule has 2 nitrogen and oxygen atoms in total. The topological polar surface area (TPSA) is 24.9 Å². The van der Waals surface area contributed by atoms with Gasteiger partial charge in [0.2, 0.25) is 0 Å². The third-order valence-corrected chi connectivity index (χ3v) is 5.00. The van der Waals surface area contributed by atoms with E-state index in [2.05, 4.69) is 52.2 Å². The average Bonchev–Trinajstić information content (AvgIpc) is 2.85. The van der Waals surface area contributed by atoms with E-state index in [0.717, 1.165) is 13.0 Å². The molecule has 1 aromatic rings. The minimum absolute atomic E-state index is 0.0164. The minimum atomic E-state index is 0.0164. The fourth-order valence-electron chi connectivity index (χ4n) is 2.04. The lowest BCUT2D eigenvalue weighted by atomic mass is 9.85. The molecule has 2 atom stereocenters. The Morgan fingerprint density at radius 1 is 1.33 bits per heavy atom. The van der Waals surface area contributed by atoms with Crippen molar-refractivity contribution in [3.63, 3.8) is 0 Å². The lowest BCUT2D eigenvalue weighted by Gasteiger charge is -2.34. The van der Waals surface area contributed by atoms with Crippen molar-refractivity contribution in [2.45, 2.75) is 65.8 Å². The van der Waals surface area contributed by atoms with E-state index in [9.17, 15) is 0 Å². The Balaban J connectivity index is 3.00. The molecular weight excluding hydrogens is 240 g/mol. The molecule has 0 bridgehead atoms. The summed E-state index contributed by atoms with van der Waals surface area (Å²) in [5.41, 5.74) is 1.24. The average molecular weight is 268 g/mol. The Morgan fingerprint density at radius 3 is 2.44 bits per heavy atom. The Hall–Kier alpha value is -0.410. The van der Waals surface area contributed by atoms with Crippen LogP contribution in [-0.2, 0) is 5.54 Å². The van der Waals surface area contributed by atoms with Crippen molar-refractivity contribution in [2.75, 3.05) is 6.54 Å². The number of hydrogen-bond acceptors (Lipinski definition) is 3. The van der Waals surface area contributed by atoms with E-state index in [0.29, 0.717) is 11.8 Å². The van der Waals surface area contributed by atoms with Crippen molar-refractivity contribution in [1.29, 1.82) is 0 Å². The number of hydrogen-bond donors (Lipinski definition) is 1. The molecule has 0 aromatic carbocycles. The van der Waals surface area contributed by atoms with Gasteiger partial charge in [-0.1, -0.05) is 41.0 Å². The monoisotopic (exact) mass is 268 g/mol. The third-order valence-electron chi connectivity index (χ3n) is 3.90. The number of rotatable bonds is 7. The number of nitrogens with zero attached hydrogens (tertiary/aromatic N) is 1. The molecule has 18 heavy (non-hydrogen) atoms. The molecule has 0 amide bonds. The molecule has 104 valence electrons. The molecule has 3 heteroatoms. The highest BCUT2D eigenvalue weighted by Gasteiger charge is 2.34. The summed E-state index contributed by atoms with van der Waals surface area (Å²) in [5.74, 6) is 1.11. The van der Waals surface area contributed by atoms with Gasteiger partial charge in [0.1, 0.15) is 5.01 Å². The summed E-state index contributed by atoms with van der Waals surface area (Å²) in [4.78, 5) is 4.86. The van der Waals surface area contributed by atoms with Gasteiger partial charge >= 0.3 is 0 Å². The largest absolute Gasteiger partial charge is 0.305 e. The van der Waals surface area contributed by atoms with Crippen LogP contribution in [0.25, 0.3) is 0 Å². The predicted molar refractivity (Wildman–Crippen MR) is 81.3 cm³/mol. The van der Waals surface area contributed by atoms with Gasteiger partial charge in [0.05, 0.1) is 11.2 Å². The highest BCUT2D eigenvalue weighted by atomic mass is 32.1. The van der Waals surface area contributed by atoms with Crippen molar-refractivity contribution in [1.82, 2.24) is 10.3 Å². The fourth-order valence-corrected chi connectivity index (χ4v) is 3.28. The Morgan fingerprint density at radius 2 is 2.00 bits per heavy atom. The first-order valence-corrected chi connectivity index (χ1v) is 8.04. The molecule has 0 fully saturated rings. The van der Waals surface area contributed by atoms with Gasteiger partial charge < -0.3 is 5.32 Å². The molecule has 1 rings (SSSR count). The van der Waals surface area contributed by atoms with Crippen molar-refractivity contribution < 1.29 is 0 Å². The van der Waals surface area contributed by atoms with Crippen molar-refractivity contribution >= 4 is 11.3 Å². The molecule has 2 unspecified atom stereocenters. The van der Waals surface area contributed by atoms with Gasteiger partial charge in [-0.15, -0.1) is 11.3 Å². The van der Waals surface area contributed by atoms with E-state index < -0.39 is 0 Å². The molecule has 0 saturated carbocycles. The molecule has 1 heterocycles. The summed E-state index contributed by atoms with van der Waals surface area (Å²) in [6.07, 6.45) is 2.33. The number of nitrogens with one attached hydrogen (secondary N) is 1. The highest BCUT2D eigenvalue weighted by Crippen LogP contribution is 2.34. The van der Waals surface area contributed by atoms with Crippen LogP contribution in [0.4, 0.5) is 0 Å². The van der Waals surface area contributed by atoms with E-state index in [4.69, 9.17) is 4.98 Å². The van der Waals surface area contributed by atoms with Crippen LogP contribution in [0.3, 0.4) is 0 Å². The molecular formula is C15H28N2S. The lowest BCUT2D eigenvalue weighted by Crippen LogP contribution is -2.45. The molecule has 0 aliphatic heterocycles. The van der Waals surface area contributed by atoms with Gasteiger partial charge in [-0.05, 0) is 31.7 Å². The van der Waals surface area contributed by atoms with Crippen molar-refractivity contribution in [3.05, 3.63) is 16.1 Å². The van der Waals surface area contributed by atoms with Gasteiger partial charge in [-0.3, -0.25) is 0 Å². The van der Waals surface area contributed by atoms with Crippen molar-refractivity contribution in [3.8, 4) is 0 Å². The standard InChI is InChI=1S/C15H28N2S/c1-7-9-16-15(6,12(5)8-2)14-17-13(10-18-14)11(3)4/h10-12,16H,7-9H2,1-6H3. The summed E-state index contributed by atoms with van der Waals surface area (Å²) in [7, 11) is 0. The second kappa shape index (κ2) is 6.67. The van der Waals surface area contributed by atoms with Crippen LogP contribution in [0.15, 0.2) is 5.38 Å². The van der Waals surface area contributed by atoms with E-state index in [-0.39, 0.29) is 5.54 Å². The van der Waals surface area contributed by atoms with E-state index in [1.165, 1.54) is 17.1 Å². The maximum Gasteiger partial charge on any atom is 0.113 e. The van der Waals surface area contributed by atoms with Gasteiger partial charge in [0.15, 0.2) is 0 Å². The van der Waals surface area contributed by atoms with E-state index in [1.54, 1.807) is 11.3 Å². The lowest BCUT2D eigenvalue weighted by molar-refractivity contribution is 0.241. The number of thiazole rings is 1. The second-order valence-electron chi connectivity index (χ2n) is 5.67. The van der Waals surface area contributed by atoms with Gasteiger partial charge in [0, 0.05) is 5.38 Å². The first-order chi connectivity index (χ1) is 8.45. The van der Waals surface area contributed by atoms with Crippen LogP contribution in [0.5, 0.6) is 0 Å². The van der Waals surface area contributed by atoms with Crippen LogP contribution in [-0.4, -0.2) is 11.5 Å². The van der Waals surface area contributed by atoms with Crippen LogP contribution >= 0.6 is 11.3 Å². The Labute approximate surface area is 116 Å². The normalized spacial score (nSPS) is 16.8. The van der Waals surface area contributed by atoms with E-state index >= 15 is 0 Å². The molecule has 1 N–H and O–H groups in total. The molecule has 0 aliphatic carbocycles. The summed E-state index contributed by atoms with van der Waals surface area (Å²) >= 11 is 1.81. The first kappa shape index (κ1) is 15.6. The maximum absolute atomic E-state index is 4.86. The van der Waals surface area contributed by atoms with Crippen molar-refractivity contribution in [2.24, 2.45) is 5.92 Å². The quantitative estimate of drug-likeness (QED) is 0.786. The molecule has 1 aromatic heterocycles. The summed E-state index contributed by atoms with van der Waals surface area (Å²) in [5, 5.41) is 7.17. The zero-order valence-corrected chi connectivity index (χ0v) is 13.5. The molecule has 0 radical (unpaired) electrons. The van der Waals surface area contributed by atoms with Crippen LogP contribution < -0.4 is 5.32 Å². The minimum Gasteiger partial charge on any atom is -0.305 e. The smallest absolute Gasteiger partial charge is 0.113 e. The van der Waals surface area contributed by atoms with Crippen LogP contribution in [0.1, 0.15) is 71.0 Å². The Bertz CT molecular complexity index is 359. The zero-order chi connectivity index (χ0) is 13.8. The molecule has 0 aliphatic rings. The summed E-state index contributed by atoms with van der Waals surface area (Å²) in [6.45, 7) is 14.6. The first-order valence-electron chi connectivity index (χ1n) is 7.16. The molecule has 0 saturated heterocycles. The third kappa shape index (κ3) is 3.33. The van der Waals surface area contributed by atoms with Crippen LogP contribution in [0.2, 0.25) is 0 Å². The van der Waals surface area contributed by atoms with Crippen LogP contribution in [0, 0.1) is 5.92 Å². The van der Waals surface area contributed by atoms with Gasteiger partial charge in [-0.25, -0.2) is 4.98 Å². The highest BCUT2D eigenvalue weighted by molar-refractivity contribution is 7.09. The Kier molecular flexibility index (Phi) is 5.80. The summed E-state index contributed by atoms with van der Waals surface area (Å²) < 4.78 is 0. The second-order valence-corrected chi connectivity index (χ2v) is 6.53. The number of aromatic nitrogens is 1. The predicted octanol–water partition coefficient (Wildman–Crippen LogP) is 4.53. The zero-order valence-electron chi connectivity index (χ0n) is 12.7. The maximum atomic E-state index is 4.86. The van der Waals surface area contributed by atoms with Gasteiger partial charge in [0.25, 0.3) is 0 Å². The SMILES string of the molecule is CCCNC(C)(c1nc(C(C)C)cs1)C(C)CC.